The highest BCUT2D eigenvalue weighted by atomic mass is 16.1. The summed E-state index contributed by atoms with van der Waals surface area (Å²) in [7, 11) is 0. The van der Waals surface area contributed by atoms with E-state index in [2.05, 4.69) is 20.4 Å². The molecule has 0 atom stereocenters. The molecule has 0 saturated heterocycles. The molecule has 0 aromatic carbocycles. The first-order chi connectivity index (χ1) is 4.88. The van der Waals surface area contributed by atoms with Crippen LogP contribution in [0.3, 0.4) is 0 Å². The van der Waals surface area contributed by atoms with Crippen LogP contribution in [0.15, 0.2) is 32.2 Å². The van der Waals surface area contributed by atoms with Crippen LogP contribution in [0.2, 0.25) is 0 Å². The monoisotopic (exact) mass is 134 g/mol. The number of rotatable bonds is 0. The zero-order valence-electron chi connectivity index (χ0n) is 4.85. The predicted molar refractivity (Wildman–Crippen MR) is 33.9 cm³/mol. The Morgan fingerprint density at radius 2 is 2.30 bits per heavy atom. The summed E-state index contributed by atoms with van der Waals surface area (Å²) < 4.78 is 0. The number of hydrogen-bond donors (Lipinski definition) is 0. The number of amides is 1. The number of dihydropyridines is 1. The van der Waals surface area contributed by atoms with Gasteiger partial charge < -0.3 is 0 Å². The molecule has 0 aliphatic carbocycles. The molecule has 10 heavy (non-hydrogen) atoms. The number of hydrogen-bond acceptors (Lipinski definition) is 4. The number of allylic oxidation sites excluding steroid dienone is 1. The standard InChI is InChI=1S/C5H2N4O/c10-5-4-3(1-2-6-5)7-9-8-4/h1-2H. The highest BCUT2D eigenvalue weighted by molar-refractivity contribution is 6.48. The summed E-state index contributed by atoms with van der Waals surface area (Å²) in [6.45, 7) is 0. The third-order valence-corrected chi connectivity index (χ3v) is 1.17. The van der Waals surface area contributed by atoms with Gasteiger partial charge in [-0.05, 0) is 11.3 Å². The molecule has 0 radical (unpaired) electrons. The van der Waals surface area contributed by atoms with E-state index in [-0.39, 0.29) is 11.6 Å². The first-order valence-corrected chi connectivity index (χ1v) is 2.66. The van der Waals surface area contributed by atoms with E-state index in [1.165, 1.54) is 6.21 Å². The maximum absolute atomic E-state index is 10.8. The van der Waals surface area contributed by atoms with Crippen LogP contribution in [0.4, 0.5) is 0 Å². The van der Waals surface area contributed by atoms with Crippen LogP contribution in [0.1, 0.15) is 0 Å². The molecule has 2 rings (SSSR count). The van der Waals surface area contributed by atoms with Crippen molar-refractivity contribution in [3.63, 3.8) is 0 Å². The number of carbonyl (C=O) groups is 1. The molecular formula is C5H2N4O. The summed E-state index contributed by atoms with van der Waals surface area (Å²) >= 11 is 0. The number of carbonyl (C=O) groups excluding carboxylic acids is 1. The molecule has 0 aromatic heterocycles. The van der Waals surface area contributed by atoms with Gasteiger partial charge in [-0.3, -0.25) is 4.79 Å². The molecule has 2 aliphatic heterocycles. The lowest BCUT2D eigenvalue weighted by atomic mass is 10.2. The molecule has 1 amide bonds. The van der Waals surface area contributed by atoms with E-state index in [0.717, 1.165) is 0 Å². The van der Waals surface area contributed by atoms with E-state index in [9.17, 15) is 4.79 Å². The molecule has 0 spiro atoms. The van der Waals surface area contributed by atoms with Gasteiger partial charge in [0.2, 0.25) is 0 Å². The fraction of sp³-hybridized carbons (Fsp3) is 0. The first kappa shape index (κ1) is 5.16. The highest BCUT2D eigenvalue weighted by Gasteiger charge is 2.21. The minimum absolute atomic E-state index is 0.238. The molecule has 0 aromatic rings. The summed E-state index contributed by atoms with van der Waals surface area (Å²) in [6.07, 6.45) is 2.98. The average Bonchev–Trinajstić information content (AvgIpc) is 2.36. The maximum atomic E-state index is 10.8. The Morgan fingerprint density at radius 1 is 1.40 bits per heavy atom. The van der Waals surface area contributed by atoms with Crippen molar-refractivity contribution in [1.29, 1.82) is 0 Å². The van der Waals surface area contributed by atoms with Crippen molar-refractivity contribution in [2.45, 2.75) is 0 Å². The van der Waals surface area contributed by atoms with Crippen LogP contribution in [0.5, 0.6) is 0 Å². The second-order valence-electron chi connectivity index (χ2n) is 1.77. The van der Waals surface area contributed by atoms with Crippen molar-refractivity contribution < 1.29 is 4.79 Å². The fourth-order valence-electron chi connectivity index (χ4n) is 0.715. The van der Waals surface area contributed by atoms with Crippen molar-refractivity contribution in [2.75, 3.05) is 0 Å². The van der Waals surface area contributed by atoms with Gasteiger partial charge >= 0.3 is 0 Å². The molecule has 0 N–H and O–H groups in total. The SMILES string of the molecule is O=C1N=CC=C2N=NN=C12. The molecule has 5 nitrogen and oxygen atoms in total. The van der Waals surface area contributed by atoms with E-state index < -0.39 is 0 Å². The van der Waals surface area contributed by atoms with Crippen LogP contribution < -0.4 is 0 Å². The minimum Gasteiger partial charge on any atom is -0.265 e. The van der Waals surface area contributed by atoms with Gasteiger partial charge in [-0.25, -0.2) is 4.99 Å². The zero-order chi connectivity index (χ0) is 6.97. The van der Waals surface area contributed by atoms with Crippen molar-refractivity contribution >= 4 is 17.8 Å². The Balaban J connectivity index is 2.54. The summed E-state index contributed by atoms with van der Waals surface area (Å²) in [5.74, 6) is -0.373. The second kappa shape index (κ2) is 1.66. The molecule has 2 heterocycles. The largest absolute Gasteiger partial charge is 0.299 e. The maximum Gasteiger partial charge on any atom is 0.299 e. The van der Waals surface area contributed by atoms with Crippen molar-refractivity contribution in [2.24, 2.45) is 20.4 Å². The Bertz CT molecular complexity index is 304. The topological polar surface area (TPSA) is 66.5 Å². The second-order valence-corrected chi connectivity index (χ2v) is 1.77. The number of nitrogens with zero attached hydrogens (tertiary/aromatic N) is 4. The Labute approximate surface area is 55.9 Å². The van der Waals surface area contributed by atoms with E-state index in [0.29, 0.717) is 5.70 Å². The Kier molecular flexibility index (Phi) is 0.858. The normalized spacial score (nSPS) is 20.6. The molecule has 0 unspecified atom stereocenters. The van der Waals surface area contributed by atoms with E-state index in [1.807, 2.05) is 0 Å². The van der Waals surface area contributed by atoms with E-state index in [4.69, 9.17) is 0 Å². The third kappa shape index (κ3) is 0.540. The van der Waals surface area contributed by atoms with Gasteiger partial charge in [-0.1, -0.05) is 0 Å². The zero-order valence-corrected chi connectivity index (χ0v) is 4.85. The molecule has 0 saturated carbocycles. The van der Waals surface area contributed by atoms with Crippen LogP contribution >= 0.6 is 0 Å². The highest BCUT2D eigenvalue weighted by Crippen LogP contribution is 2.12. The third-order valence-electron chi connectivity index (χ3n) is 1.17. The lowest BCUT2D eigenvalue weighted by molar-refractivity contribution is -0.111. The Hall–Kier alpha value is -1.65. The lowest BCUT2D eigenvalue weighted by Crippen LogP contribution is -2.14. The minimum atomic E-state index is -0.373. The lowest BCUT2D eigenvalue weighted by Gasteiger charge is -1.95. The average molecular weight is 134 g/mol. The van der Waals surface area contributed by atoms with Gasteiger partial charge in [0, 0.05) is 6.21 Å². The van der Waals surface area contributed by atoms with Crippen molar-refractivity contribution in [1.82, 2.24) is 0 Å². The molecule has 48 valence electrons. The predicted octanol–water partition coefficient (Wildman–Crippen LogP) is 0.303. The number of aliphatic imine (C=N–C) groups is 1. The van der Waals surface area contributed by atoms with E-state index in [1.54, 1.807) is 6.08 Å². The Morgan fingerprint density at radius 3 is 3.10 bits per heavy atom. The van der Waals surface area contributed by atoms with Crippen LogP contribution in [0, 0.1) is 0 Å². The summed E-state index contributed by atoms with van der Waals surface area (Å²) in [4.78, 5) is 14.3. The smallest absolute Gasteiger partial charge is 0.265 e. The summed E-state index contributed by atoms with van der Waals surface area (Å²) in [5, 5.41) is 10.4. The van der Waals surface area contributed by atoms with Gasteiger partial charge in [-0.15, -0.1) is 10.2 Å². The van der Waals surface area contributed by atoms with Crippen LogP contribution in [-0.4, -0.2) is 17.8 Å². The molecule has 5 heteroatoms. The fourth-order valence-corrected chi connectivity index (χ4v) is 0.715. The molecule has 0 fully saturated rings. The first-order valence-electron chi connectivity index (χ1n) is 2.66. The van der Waals surface area contributed by atoms with Crippen molar-refractivity contribution in [3.8, 4) is 0 Å². The molecule has 2 aliphatic rings. The summed E-state index contributed by atoms with van der Waals surface area (Å²) in [5.41, 5.74) is 0.738. The van der Waals surface area contributed by atoms with Gasteiger partial charge in [0.1, 0.15) is 5.70 Å². The van der Waals surface area contributed by atoms with Gasteiger partial charge in [-0.2, -0.15) is 0 Å². The summed E-state index contributed by atoms with van der Waals surface area (Å²) in [6, 6.07) is 0. The van der Waals surface area contributed by atoms with Gasteiger partial charge in [0.25, 0.3) is 5.91 Å². The van der Waals surface area contributed by atoms with Crippen LogP contribution in [-0.2, 0) is 4.79 Å². The number of fused-ring (bicyclic) bond motifs is 1. The van der Waals surface area contributed by atoms with E-state index >= 15 is 0 Å². The van der Waals surface area contributed by atoms with Gasteiger partial charge in [0.15, 0.2) is 5.71 Å². The van der Waals surface area contributed by atoms with Crippen molar-refractivity contribution in [3.05, 3.63) is 11.8 Å². The van der Waals surface area contributed by atoms with Crippen LogP contribution in [0.25, 0.3) is 0 Å². The molecule has 0 bridgehead atoms. The molecular weight excluding hydrogens is 132 g/mol. The quantitative estimate of drug-likeness (QED) is 0.469. The van der Waals surface area contributed by atoms with Gasteiger partial charge in [0.05, 0.1) is 0 Å².